The van der Waals surface area contributed by atoms with Crippen LogP contribution in [0.3, 0.4) is 0 Å². The van der Waals surface area contributed by atoms with E-state index in [1.165, 1.54) is 0 Å². The van der Waals surface area contributed by atoms with Gasteiger partial charge in [0, 0.05) is 30.6 Å². The smallest absolute Gasteiger partial charge is 0.262 e. The van der Waals surface area contributed by atoms with Crippen LogP contribution in [0.25, 0.3) is 0 Å². The first-order chi connectivity index (χ1) is 9.72. The van der Waals surface area contributed by atoms with Gasteiger partial charge in [-0.3, -0.25) is 4.79 Å². The van der Waals surface area contributed by atoms with Crippen molar-refractivity contribution in [2.45, 2.75) is 6.42 Å². The molecule has 4 N–H and O–H groups in total. The fourth-order valence-electron chi connectivity index (χ4n) is 1.98. The number of anilines is 3. The highest BCUT2D eigenvalue weighted by molar-refractivity contribution is 7.09. The van der Waals surface area contributed by atoms with Crippen molar-refractivity contribution in [3.05, 3.63) is 28.7 Å². The van der Waals surface area contributed by atoms with Crippen LogP contribution >= 0.6 is 11.3 Å². The predicted molar refractivity (Wildman–Crippen MR) is 79.3 cm³/mol. The van der Waals surface area contributed by atoms with Crippen LogP contribution in [0.15, 0.2) is 23.7 Å². The number of ether oxygens (including phenoxy) is 1. The average molecular weight is 290 g/mol. The Morgan fingerprint density at radius 3 is 3.20 bits per heavy atom. The van der Waals surface area contributed by atoms with E-state index in [-0.39, 0.29) is 12.5 Å². The third-order valence-electron chi connectivity index (χ3n) is 2.92. The minimum Gasteiger partial charge on any atom is -0.482 e. The third-order valence-corrected chi connectivity index (χ3v) is 3.76. The lowest BCUT2D eigenvalue weighted by atomic mass is 10.2. The number of aromatic nitrogens is 1. The Morgan fingerprint density at radius 2 is 2.40 bits per heavy atom. The minimum atomic E-state index is -0.156. The van der Waals surface area contributed by atoms with Gasteiger partial charge in [-0.25, -0.2) is 4.98 Å². The molecule has 1 aliphatic heterocycles. The van der Waals surface area contributed by atoms with Crippen LogP contribution in [-0.2, 0) is 11.2 Å². The van der Waals surface area contributed by atoms with Crippen LogP contribution in [0.2, 0.25) is 0 Å². The Kier molecular flexibility index (Phi) is 3.42. The molecule has 2 aromatic rings. The minimum absolute atomic E-state index is 0.0310. The van der Waals surface area contributed by atoms with Crippen molar-refractivity contribution < 1.29 is 9.53 Å². The van der Waals surface area contributed by atoms with Gasteiger partial charge in [0.2, 0.25) is 0 Å². The molecule has 0 radical (unpaired) electrons. The van der Waals surface area contributed by atoms with E-state index >= 15 is 0 Å². The molecule has 2 heterocycles. The van der Waals surface area contributed by atoms with E-state index in [1.807, 2.05) is 5.38 Å². The fourth-order valence-corrected chi connectivity index (χ4v) is 2.60. The number of amides is 1. The largest absolute Gasteiger partial charge is 0.482 e. The summed E-state index contributed by atoms with van der Waals surface area (Å²) in [6, 6.07) is 3.52. The number of nitrogens with one attached hydrogen (secondary N) is 2. The van der Waals surface area contributed by atoms with Gasteiger partial charge in [0.1, 0.15) is 5.75 Å². The number of hydrogen-bond acceptors (Lipinski definition) is 6. The molecule has 0 saturated heterocycles. The van der Waals surface area contributed by atoms with Gasteiger partial charge in [0.05, 0.1) is 22.1 Å². The molecule has 0 unspecified atom stereocenters. The number of nitrogens with two attached hydrogens (primary N) is 1. The number of nitrogen functional groups attached to an aromatic ring is 1. The van der Waals surface area contributed by atoms with Crippen molar-refractivity contribution >= 4 is 34.3 Å². The van der Waals surface area contributed by atoms with Crippen molar-refractivity contribution in [1.29, 1.82) is 0 Å². The summed E-state index contributed by atoms with van der Waals surface area (Å²) in [6.07, 6.45) is 2.62. The number of benzene rings is 1. The first kappa shape index (κ1) is 12.7. The second-order valence-electron chi connectivity index (χ2n) is 4.38. The first-order valence-electron chi connectivity index (χ1n) is 6.21. The first-order valence-corrected chi connectivity index (χ1v) is 7.09. The van der Waals surface area contributed by atoms with E-state index in [4.69, 9.17) is 10.5 Å². The Bertz CT molecular complexity index is 628. The van der Waals surface area contributed by atoms with Crippen molar-refractivity contribution in [3.8, 4) is 5.75 Å². The highest BCUT2D eigenvalue weighted by atomic mass is 32.1. The van der Waals surface area contributed by atoms with Crippen molar-refractivity contribution in [3.63, 3.8) is 0 Å². The third kappa shape index (κ3) is 2.67. The quantitative estimate of drug-likeness (QED) is 0.746. The van der Waals surface area contributed by atoms with E-state index in [1.54, 1.807) is 29.7 Å². The summed E-state index contributed by atoms with van der Waals surface area (Å²) in [5.74, 6) is 0.448. The van der Waals surface area contributed by atoms with Gasteiger partial charge in [-0.05, 0) is 6.07 Å². The van der Waals surface area contributed by atoms with Gasteiger partial charge in [-0.15, -0.1) is 11.3 Å². The van der Waals surface area contributed by atoms with Crippen LogP contribution in [0.4, 0.5) is 17.1 Å². The molecule has 3 rings (SSSR count). The summed E-state index contributed by atoms with van der Waals surface area (Å²) in [5.41, 5.74) is 8.00. The Labute approximate surface area is 120 Å². The number of fused-ring (bicyclic) bond motifs is 1. The van der Waals surface area contributed by atoms with Crippen molar-refractivity contribution in [2.75, 3.05) is 29.5 Å². The molecule has 104 valence electrons. The lowest BCUT2D eigenvalue weighted by Gasteiger charge is -2.20. The van der Waals surface area contributed by atoms with Crippen molar-refractivity contribution in [2.24, 2.45) is 0 Å². The molecule has 1 aliphatic rings. The van der Waals surface area contributed by atoms with Gasteiger partial charge < -0.3 is 21.1 Å². The zero-order chi connectivity index (χ0) is 13.9. The Balaban J connectivity index is 1.69. The second-order valence-corrected chi connectivity index (χ2v) is 5.35. The molecule has 6 nitrogen and oxygen atoms in total. The maximum Gasteiger partial charge on any atom is 0.262 e. The van der Waals surface area contributed by atoms with Crippen LogP contribution in [0.1, 0.15) is 5.01 Å². The molecule has 0 saturated carbocycles. The summed E-state index contributed by atoms with van der Waals surface area (Å²) in [4.78, 5) is 15.5. The van der Waals surface area contributed by atoms with Gasteiger partial charge >= 0.3 is 0 Å². The molecule has 1 aromatic heterocycles. The summed E-state index contributed by atoms with van der Waals surface area (Å²) in [5, 5.41) is 9.04. The van der Waals surface area contributed by atoms with Crippen LogP contribution in [-0.4, -0.2) is 24.0 Å². The SMILES string of the molecule is Nc1cc2c(cc1NCCc1nccs1)NC(=O)CO2. The lowest BCUT2D eigenvalue weighted by molar-refractivity contribution is -0.118. The molecule has 0 aliphatic carbocycles. The molecular weight excluding hydrogens is 276 g/mol. The van der Waals surface area contributed by atoms with E-state index in [2.05, 4.69) is 15.6 Å². The van der Waals surface area contributed by atoms with E-state index in [0.29, 0.717) is 17.1 Å². The molecule has 20 heavy (non-hydrogen) atoms. The molecule has 0 atom stereocenters. The number of carbonyl (C=O) groups excluding carboxylic acids is 1. The number of carbonyl (C=O) groups is 1. The monoisotopic (exact) mass is 290 g/mol. The molecule has 1 amide bonds. The van der Waals surface area contributed by atoms with Gasteiger partial charge in [0.15, 0.2) is 6.61 Å². The summed E-state index contributed by atoms with van der Waals surface area (Å²) < 4.78 is 5.31. The molecule has 1 aromatic carbocycles. The molecule has 0 bridgehead atoms. The summed E-state index contributed by atoms with van der Waals surface area (Å²) in [7, 11) is 0. The summed E-state index contributed by atoms with van der Waals surface area (Å²) in [6.45, 7) is 0.758. The van der Waals surface area contributed by atoms with E-state index in [9.17, 15) is 4.79 Å². The fraction of sp³-hybridized carbons (Fsp3) is 0.231. The highest BCUT2D eigenvalue weighted by Gasteiger charge is 2.17. The molecular formula is C13H14N4O2S. The van der Waals surface area contributed by atoms with E-state index < -0.39 is 0 Å². The number of nitrogens with zero attached hydrogens (tertiary/aromatic N) is 1. The maximum atomic E-state index is 11.3. The second kappa shape index (κ2) is 5.38. The Hall–Kier alpha value is -2.28. The maximum absolute atomic E-state index is 11.3. The van der Waals surface area contributed by atoms with Crippen molar-refractivity contribution in [1.82, 2.24) is 4.98 Å². The number of rotatable bonds is 4. The van der Waals surface area contributed by atoms with Crippen LogP contribution in [0.5, 0.6) is 5.75 Å². The zero-order valence-electron chi connectivity index (χ0n) is 10.7. The molecule has 0 spiro atoms. The predicted octanol–water partition coefficient (Wildman–Crippen LogP) is 1.71. The molecule has 7 heteroatoms. The van der Waals surface area contributed by atoms with Crippen LogP contribution in [0, 0.1) is 0 Å². The van der Waals surface area contributed by atoms with E-state index in [0.717, 1.165) is 23.7 Å². The average Bonchev–Trinajstić information content (AvgIpc) is 2.93. The lowest BCUT2D eigenvalue weighted by Crippen LogP contribution is -2.25. The summed E-state index contributed by atoms with van der Waals surface area (Å²) >= 11 is 1.63. The standard InChI is InChI=1S/C13H14N4O2S/c14-8-5-11-10(17-12(18)7-19-11)6-9(8)15-2-1-13-16-3-4-20-13/h3-6,15H,1-2,7,14H2,(H,17,18). The highest BCUT2D eigenvalue weighted by Crippen LogP contribution is 2.35. The molecule has 0 fully saturated rings. The van der Waals surface area contributed by atoms with Gasteiger partial charge in [-0.2, -0.15) is 0 Å². The zero-order valence-corrected chi connectivity index (χ0v) is 11.5. The van der Waals surface area contributed by atoms with Gasteiger partial charge in [0.25, 0.3) is 5.91 Å². The Morgan fingerprint density at radius 1 is 1.50 bits per heavy atom. The topological polar surface area (TPSA) is 89.3 Å². The number of hydrogen-bond donors (Lipinski definition) is 3. The van der Waals surface area contributed by atoms with Crippen LogP contribution < -0.4 is 21.1 Å². The number of thiazole rings is 1. The van der Waals surface area contributed by atoms with Gasteiger partial charge in [-0.1, -0.05) is 0 Å². The normalized spacial score (nSPS) is 13.3.